The normalized spacial score (nSPS) is 28.8. The summed E-state index contributed by atoms with van der Waals surface area (Å²) >= 11 is 0. The quantitative estimate of drug-likeness (QED) is 0.898. The predicted molar refractivity (Wildman–Crippen MR) is 100 cm³/mol. The van der Waals surface area contributed by atoms with Gasteiger partial charge in [-0.25, -0.2) is 9.37 Å². The molecule has 0 aliphatic carbocycles. The average Bonchev–Trinajstić information content (AvgIpc) is 2.61. The number of piperazine rings is 1. The SMILES string of the molecule is CCC1=C2CC(N3CCNCC3)(CN1c1ncccc1F)CC(C)(C)O2. The predicted octanol–water partition coefficient (Wildman–Crippen LogP) is 2.90. The molecular weight excluding hydrogens is 331 g/mol. The van der Waals surface area contributed by atoms with E-state index < -0.39 is 0 Å². The number of allylic oxidation sites excluding steroid dienone is 1. The number of hydrogen-bond acceptors (Lipinski definition) is 5. The first kappa shape index (κ1) is 17.7. The van der Waals surface area contributed by atoms with Gasteiger partial charge in [0.15, 0.2) is 11.6 Å². The number of rotatable bonds is 3. The van der Waals surface area contributed by atoms with Crippen LogP contribution in [0.15, 0.2) is 29.8 Å². The van der Waals surface area contributed by atoms with Crippen molar-refractivity contribution in [1.29, 1.82) is 0 Å². The Morgan fingerprint density at radius 3 is 2.77 bits per heavy atom. The highest BCUT2D eigenvalue weighted by atomic mass is 19.1. The number of halogens is 1. The van der Waals surface area contributed by atoms with Crippen LogP contribution in [0, 0.1) is 5.82 Å². The second-order valence-corrected chi connectivity index (χ2v) is 8.30. The molecular formula is C20H29FN4O. The number of aromatic nitrogens is 1. The van der Waals surface area contributed by atoms with Gasteiger partial charge >= 0.3 is 0 Å². The molecule has 4 heterocycles. The van der Waals surface area contributed by atoms with E-state index in [9.17, 15) is 4.39 Å². The highest BCUT2D eigenvalue weighted by molar-refractivity contribution is 5.51. The fraction of sp³-hybridized carbons (Fsp3) is 0.650. The molecule has 3 aliphatic heterocycles. The largest absolute Gasteiger partial charge is 0.490 e. The molecule has 0 aromatic carbocycles. The van der Waals surface area contributed by atoms with E-state index in [0.29, 0.717) is 5.82 Å². The van der Waals surface area contributed by atoms with Gasteiger partial charge < -0.3 is 15.0 Å². The van der Waals surface area contributed by atoms with Crippen molar-refractivity contribution in [1.82, 2.24) is 15.2 Å². The van der Waals surface area contributed by atoms with Crippen LogP contribution in [0.4, 0.5) is 10.2 Å². The number of ether oxygens (including phenoxy) is 1. The van der Waals surface area contributed by atoms with Crippen molar-refractivity contribution in [3.63, 3.8) is 0 Å². The summed E-state index contributed by atoms with van der Waals surface area (Å²) in [6.45, 7) is 11.3. The molecule has 26 heavy (non-hydrogen) atoms. The lowest BCUT2D eigenvalue weighted by Gasteiger charge is -2.57. The van der Waals surface area contributed by atoms with Crippen LogP contribution in [0.25, 0.3) is 0 Å². The zero-order valence-corrected chi connectivity index (χ0v) is 16.0. The molecule has 2 fully saturated rings. The summed E-state index contributed by atoms with van der Waals surface area (Å²) in [5, 5.41) is 3.45. The topological polar surface area (TPSA) is 40.6 Å². The monoisotopic (exact) mass is 360 g/mol. The van der Waals surface area contributed by atoms with Crippen LogP contribution < -0.4 is 10.2 Å². The summed E-state index contributed by atoms with van der Waals surface area (Å²) in [4.78, 5) is 9.04. The van der Waals surface area contributed by atoms with Gasteiger partial charge in [0.2, 0.25) is 0 Å². The van der Waals surface area contributed by atoms with Gasteiger partial charge in [-0.15, -0.1) is 0 Å². The Bertz CT molecular complexity index is 714. The molecule has 142 valence electrons. The molecule has 1 aromatic rings. The Kier molecular flexibility index (Phi) is 4.43. The average molecular weight is 360 g/mol. The van der Waals surface area contributed by atoms with E-state index in [0.717, 1.165) is 63.4 Å². The van der Waals surface area contributed by atoms with Gasteiger partial charge in [0.05, 0.1) is 5.70 Å². The first-order valence-corrected chi connectivity index (χ1v) is 9.69. The number of nitrogens with one attached hydrogen (secondary N) is 1. The minimum absolute atomic E-state index is 0.0399. The van der Waals surface area contributed by atoms with E-state index in [1.54, 1.807) is 12.3 Å². The lowest BCUT2D eigenvalue weighted by molar-refractivity contribution is -0.0901. The van der Waals surface area contributed by atoms with Crippen molar-refractivity contribution >= 4 is 5.82 Å². The van der Waals surface area contributed by atoms with Gasteiger partial charge in [0.25, 0.3) is 0 Å². The third-order valence-corrected chi connectivity index (χ3v) is 5.86. The Hall–Kier alpha value is -1.66. The van der Waals surface area contributed by atoms with E-state index in [-0.39, 0.29) is 17.0 Å². The van der Waals surface area contributed by atoms with E-state index in [4.69, 9.17) is 4.74 Å². The molecule has 2 saturated heterocycles. The summed E-state index contributed by atoms with van der Waals surface area (Å²) in [5.41, 5.74) is 0.816. The lowest BCUT2D eigenvalue weighted by atomic mass is 9.75. The molecule has 0 radical (unpaired) electrons. The van der Waals surface area contributed by atoms with Crippen LogP contribution in [0.5, 0.6) is 0 Å². The Morgan fingerprint density at radius 2 is 2.08 bits per heavy atom. The van der Waals surface area contributed by atoms with Crippen LogP contribution in [0.2, 0.25) is 0 Å². The summed E-state index contributed by atoms with van der Waals surface area (Å²) in [6.07, 6.45) is 4.32. The van der Waals surface area contributed by atoms with Crippen LogP contribution in [-0.4, -0.2) is 53.7 Å². The summed E-state index contributed by atoms with van der Waals surface area (Å²) in [5.74, 6) is 1.16. The van der Waals surface area contributed by atoms with Crippen LogP contribution in [0.3, 0.4) is 0 Å². The molecule has 5 nitrogen and oxygen atoms in total. The molecule has 3 aliphatic rings. The second kappa shape index (κ2) is 6.50. The Labute approximate surface area is 155 Å². The minimum Gasteiger partial charge on any atom is -0.490 e. The zero-order valence-electron chi connectivity index (χ0n) is 16.0. The summed E-state index contributed by atoms with van der Waals surface area (Å²) < 4.78 is 21.0. The van der Waals surface area contributed by atoms with Crippen molar-refractivity contribution in [2.75, 3.05) is 37.6 Å². The molecule has 6 heteroatoms. The van der Waals surface area contributed by atoms with Crippen molar-refractivity contribution in [3.8, 4) is 0 Å². The van der Waals surface area contributed by atoms with Gasteiger partial charge in [-0.05, 0) is 32.4 Å². The third kappa shape index (κ3) is 2.99. The maximum absolute atomic E-state index is 14.6. The van der Waals surface area contributed by atoms with Gasteiger partial charge in [0.1, 0.15) is 11.4 Å². The molecule has 1 atom stereocenters. The number of nitrogens with zero attached hydrogens (tertiary/aromatic N) is 3. The number of anilines is 1. The molecule has 1 unspecified atom stereocenters. The summed E-state index contributed by atoms with van der Waals surface area (Å²) in [6, 6.07) is 3.14. The van der Waals surface area contributed by atoms with Gasteiger partial charge in [-0.3, -0.25) is 4.90 Å². The minimum atomic E-state index is -0.270. The van der Waals surface area contributed by atoms with Crippen molar-refractivity contribution < 1.29 is 9.13 Å². The standard InChI is InChI=1S/C20H29FN4O/c1-4-16-17-12-20(13-19(2,3)26-17,24-10-8-22-9-11-24)14-25(16)18-15(21)6-5-7-23-18/h5-7,22H,4,8-14H2,1-3H3. The maximum Gasteiger partial charge on any atom is 0.169 e. The highest BCUT2D eigenvalue weighted by Gasteiger charge is 2.52. The second-order valence-electron chi connectivity index (χ2n) is 8.30. The van der Waals surface area contributed by atoms with E-state index in [1.807, 2.05) is 0 Å². The van der Waals surface area contributed by atoms with E-state index >= 15 is 0 Å². The van der Waals surface area contributed by atoms with E-state index in [1.165, 1.54) is 6.07 Å². The van der Waals surface area contributed by atoms with E-state index in [2.05, 4.69) is 40.9 Å². The van der Waals surface area contributed by atoms with Gasteiger partial charge in [-0.1, -0.05) is 6.92 Å². The van der Waals surface area contributed by atoms with Crippen LogP contribution in [0.1, 0.15) is 40.0 Å². The first-order chi connectivity index (χ1) is 12.4. The maximum atomic E-state index is 14.6. The molecule has 4 rings (SSSR count). The number of pyridine rings is 1. The summed E-state index contributed by atoms with van der Waals surface area (Å²) in [7, 11) is 0. The highest BCUT2D eigenvalue weighted by Crippen LogP contribution is 2.48. The Balaban J connectivity index is 1.81. The van der Waals surface area contributed by atoms with Crippen molar-refractivity contribution in [2.45, 2.75) is 51.2 Å². The molecule has 0 amide bonds. The van der Waals surface area contributed by atoms with Crippen LogP contribution >= 0.6 is 0 Å². The zero-order chi connectivity index (χ0) is 18.4. The number of fused-ring (bicyclic) bond motifs is 2. The molecule has 0 saturated carbocycles. The molecule has 1 N–H and O–H groups in total. The first-order valence-electron chi connectivity index (χ1n) is 9.69. The van der Waals surface area contributed by atoms with Gasteiger partial charge in [-0.2, -0.15) is 0 Å². The Morgan fingerprint density at radius 1 is 1.31 bits per heavy atom. The van der Waals surface area contributed by atoms with Crippen LogP contribution in [-0.2, 0) is 4.74 Å². The third-order valence-electron chi connectivity index (χ3n) is 5.86. The molecule has 2 bridgehead atoms. The number of hydrogen-bond donors (Lipinski definition) is 1. The fourth-order valence-electron chi connectivity index (χ4n) is 5.00. The molecule has 1 aromatic heterocycles. The van der Waals surface area contributed by atoms with Crippen molar-refractivity contribution in [2.24, 2.45) is 0 Å². The fourth-order valence-corrected chi connectivity index (χ4v) is 5.00. The molecule has 0 spiro atoms. The van der Waals surface area contributed by atoms with Crippen molar-refractivity contribution in [3.05, 3.63) is 35.6 Å². The van der Waals surface area contributed by atoms with Gasteiger partial charge in [0, 0.05) is 57.3 Å². The lowest BCUT2D eigenvalue weighted by Crippen LogP contribution is -2.66. The smallest absolute Gasteiger partial charge is 0.169 e.